The van der Waals surface area contributed by atoms with E-state index < -0.39 is 20.2 Å². The Morgan fingerprint density at radius 3 is 1.22 bits per heavy atom. The zero-order chi connectivity index (χ0) is 74.2. The van der Waals surface area contributed by atoms with E-state index in [2.05, 4.69) is 248 Å². The van der Waals surface area contributed by atoms with Gasteiger partial charge in [-0.2, -0.15) is 8.67 Å². The molecule has 0 radical (unpaired) electrons. The second kappa shape index (κ2) is 43.0. The molecule has 0 saturated carbocycles. The van der Waals surface area contributed by atoms with Crippen LogP contribution >= 0.6 is 24.1 Å². The second-order valence-corrected chi connectivity index (χ2v) is 29.0. The summed E-state index contributed by atoms with van der Waals surface area (Å²) in [6.45, 7) is 26.1. The van der Waals surface area contributed by atoms with Crippen LogP contribution in [0.5, 0.6) is 0 Å². The predicted octanol–water partition coefficient (Wildman–Crippen LogP) is 8.16. The number of benzene rings is 7. The molecular weight excluding hydrogens is 1440 g/mol. The first-order valence-electron chi connectivity index (χ1n) is 35.0. The van der Waals surface area contributed by atoms with Crippen LogP contribution in [0.2, 0.25) is 0 Å². The molecule has 0 fully saturated rings. The molecule has 0 unspecified atom stereocenters. The zero-order valence-corrected chi connectivity index (χ0v) is 69.2. The van der Waals surface area contributed by atoms with E-state index in [4.69, 9.17) is 0 Å². The summed E-state index contributed by atoms with van der Waals surface area (Å²) >= 11 is 1.77. The molecule has 3 aliphatic rings. The van der Waals surface area contributed by atoms with Crippen LogP contribution in [-0.2, 0) is 65.2 Å². The molecule has 0 heterocycles. The number of rotatable bonds is 32. The third kappa shape index (κ3) is 24.2. The normalized spacial score (nSPS) is 14.5. The van der Waals surface area contributed by atoms with Crippen LogP contribution in [0.15, 0.2) is 273 Å². The SMILES string of the molecule is CCN(CC)c1ccc(C(=C2C=CC(=[N+](CC)Cc3cccc(S(=O)(=O)[O-])c3)C=C2)c2ccc(N(CC)Cc3cccc(SOO[O-])c3)cc2)cc1.CCN(CC)c1ccc(C(=C2C=CC(=[N+](CC)Cc3cccc(SOO[O-])c3)C=C2)C2C=CC(N(CC)Cc3cccc(S(=O)(=O)[O-])c3)C=C2)cc1.[Na+].[Na+]. The Morgan fingerprint density at radius 2 is 0.802 bits per heavy atom. The van der Waals surface area contributed by atoms with Gasteiger partial charge in [0.2, 0.25) is 0 Å². The van der Waals surface area contributed by atoms with Crippen molar-refractivity contribution in [3.63, 3.8) is 0 Å². The molecule has 0 N–H and O–H groups in total. The molecule has 0 aliphatic heterocycles. The van der Waals surface area contributed by atoms with Gasteiger partial charge in [0.15, 0.2) is 24.5 Å². The Hall–Kier alpha value is -6.56. The van der Waals surface area contributed by atoms with Gasteiger partial charge >= 0.3 is 59.1 Å². The predicted molar refractivity (Wildman–Crippen MR) is 411 cm³/mol. The van der Waals surface area contributed by atoms with Crippen molar-refractivity contribution in [3.8, 4) is 0 Å². The van der Waals surface area contributed by atoms with Crippen LogP contribution in [0.3, 0.4) is 0 Å². The van der Waals surface area contributed by atoms with Crippen LogP contribution in [0.4, 0.5) is 17.1 Å². The smallest absolute Gasteiger partial charge is 0.744 e. The fourth-order valence-electron chi connectivity index (χ4n) is 13.1. The van der Waals surface area contributed by atoms with Gasteiger partial charge in [0.1, 0.15) is 33.3 Å². The van der Waals surface area contributed by atoms with Gasteiger partial charge in [0, 0.05) is 120 Å². The molecule has 106 heavy (non-hydrogen) atoms. The van der Waals surface area contributed by atoms with Gasteiger partial charge in [0.05, 0.1) is 33.9 Å². The van der Waals surface area contributed by atoms with Crippen molar-refractivity contribution in [2.24, 2.45) is 5.92 Å². The third-order valence-corrected chi connectivity index (χ3v) is 21.3. The van der Waals surface area contributed by atoms with Crippen molar-refractivity contribution < 1.29 is 123 Å². The van der Waals surface area contributed by atoms with E-state index in [1.807, 2.05) is 61.5 Å². The first kappa shape index (κ1) is 86.7. The van der Waals surface area contributed by atoms with Gasteiger partial charge < -0.3 is 34.3 Å². The summed E-state index contributed by atoms with van der Waals surface area (Å²) in [6, 6.07) is 54.4. The minimum Gasteiger partial charge on any atom is -0.744 e. The van der Waals surface area contributed by atoms with E-state index in [9.17, 15) is 36.5 Å². The van der Waals surface area contributed by atoms with Crippen LogP contribution in [0.25, 0.3) is 11.1 Å². The molecule has 0 spiro atoms. The van der Waals surface area contributed by atoms with E-state index in [0.29, 0.717) is 32.7 Å². The van der Waals surface area contributed by atoms with Gasteiger partial charge in [-0.05, 0) is 214 Å². The molecule has 7 aromatic carbocycles. The van der Waals surface area contributed by atoms with Crippen molar-refractivity contribution in [2.75, 3.05) is 67.1 Å². The molecule has 0 aromatic heterocycles. The summed E-state index contributed by atoms with van der Waals surface area (Å²) in [5.74, 6) is 0.0249. The summed E-state index contributed by atoms with van der Waals surface area (Å²) in [7, 11) is -9.06. The van der Waals surface area contributed by atoms with Crippen molar-refractivity contribution >= 4 is 84.0 Å². The van der Waals surface area contributed by atoms with Gasteiger partial charge in [-0.1, -0.05) is 116 Å². The van der Waals surface area contributed by atoms with E-state index in [0.717, 1.165) is 152 Å². The standard InChI is InChI=1S/C41H47N3O6S2.C41H45N3O6S2.2Na/c2*1-5-42(6-2)36-21-15-33(16-22-36)41(34-17-23-37(24-18-34)43(7-3)29-31-11-9-13-39(27-31)51-50-49-45)35-19-25-38(26-20-35)44(8-4)30-32-12-10-14-40(28-32)52(46,47)48;;/h9-28,35,38H,5-8,29-30H2,1-4H3,(H-,45,46,47,48);9-28H,5-8,29-30H2,1-4H3,(H-,45,46,47,48);;/q;;2*+1/p-2. The van der Waals surface area contributed by atoms with Gasteiger partial charge in [-0.25, -0.2) is 26.0 Å². The number of hydrogen-bond donors (Lipinski definition) is 0. The monoisotopic (exact) mass is 1520 g/mol. The van der Waals surface area contributed by atoms with Crippen LogP contribution in [-0.4, -0.2) is 110 Å². The molecule has 0 atom stereocenters. The fourth-order valence-corrected chi connectivity index (χ4v) is 15.0. The van der Waals surface area contributed by atoms with Crippen LogP contribution in [0, 0.1) is 5.92 Å². The number of likely N-dealkylation sites (N-methyl/N-ethyl adjacent to an activating group) is 1. The molecule has 546 valence electrons. The molecule has 24 heteroatoms. The third-order valence-electron chi connectivity index (χ3n) is 18.5. The van der Waals surface area contributed by atoms with Crippen LogP contribution in [0.1, 0.15) is 94.3 Å². The summed E-state index contributed by atoms with van der Waals surface area (Å²) in [6.07, 6.45) is 26.1. The molecule has 7 aromatic rings. The van der Waals surface area contributed by atoms with Gasteiger partial charge in [-0.15, -0.1) is 0 Å². The van der Waals surface area contributed by atoms with Crippen molar-refractivity contribution in [3.05, 3.63) is 293 Å². The fraction of sp³-hybridized carbons (Fsp3) is 0.268. The van der Waals surface area contributed by atoms with E-state index >= 15 is 0 Å². The zero-order valence-electron chi connectivity index (χ0n) is 61.9. The minimum atomic E-state index is -4.53. The van der Waals surface area contributed by atoms with E-state index in [1.54, 1.807) is 12.1 Å². The van der Waals surface area contributed by atoms with Crippen LogP contribution < -0.4 is 84.3 Å². The maximum absolute atomic E-state index is 11.6. The summed E-state index contributed by atoms with van der Waals surface area (Å²) in [5.41, 5.74) is 17.1. The summed E-state index contributed by atoms with van der Waals surface area (Å²) in [4.78, 5) is 10.3. The number of anilines is 3. The molecule has 0 bridgehead atoms. The average molecular weight is 1530 g/mol. The number of allylic oxidation sites excluding steroid dienone is 13. The first-order chi connectivity index (χ1) is 50.3. The Labute approximate surface area is 679 Å². The summed E-state index contributed by atoms with van der Waals surface area (Å²) < 4.78 is 83.2. The van der Waals surface area contributed by atoms with Crippen molar-refractivity contribution in [1.29, 1.82) is 0 Å². The van der Waals surface area contributed by atoms with E-state index in [-0.39, 0.29) is 80.9 Å². The maximum Gasteiger partial charge on any atom is 1.00 e. The Morgan fingerprint density at radius 1 is 0.425 bits per heavy atom. The molecule has 0 saturated heterocycles. The molecule has 3 aliphatic carbocycles. The maximum atomic E-state index is 11.6. The Kier molecular flexibility index (Phi) is 35.2. The largest absolute Gasteiger partial charge is 1.00 e. The molecule has 0 amide bonds. The van der Waals surface area contributed by atoms with Gasteiger partial charge in [0.25, 0.3) is 0 Å². The van der Waals surface area contributed by atoms with E-state index in [1.165, 1.54) is 41.2 Å². The van der Waals surface area contributed by atoms with Gasteiger partial charge in [-0.3, -0.25) is 15.0 Å². The molecule has 18 nitrogen and oxygen atoms in total. The average Bonchev–Trinajstić information content (AvgIpc) is 0.799. The Bertz CT molecular complexity index is 4580. The summed E-state index contributed by atoms with van der Waals surface area (Å²) in [5, 5.41) is 27.6. The molecular formula is C82H90N6Na2O12S4. The quantitative estimate of drug-likeness (QED) is 0.00739. The Balaban J connectivity index is 0.000000290. The van der Waals surface area contributed by atoms with Crippen molar-refractivity contribution in [2.45, 2.75) is 107 Å². The number of nitrogens with zero attached hydrogens (tertiary/aromatic N) is 6. The molecule has 10 rings (SSSR count). The number of hydrogen-bond acceptors (Lipinski definition) is 18. The minimum absolute atomic E-state index is 0. The van der Waals surface area contributed by atoms with Crippen molar-refractivity contribution in [1.82, 2.24) is 4.90 Å². The second-order valence-electron chi connectivity index (χ2n) is 24.7. The first-order valence-corrected chi connectivity index (χ1v) is 39.3. The topological polar surface area (TPSA) is 216 Å².